The molecule has 0 spiro atoms. The molecule has 4 heteroatoms. The van der Waals surface area contributed by atoms with Crippen molar-refractivity contribution in [2.75, 3.05) is 0 Å². The van der Waals surface area contributed by atoms with Crippen molar-refractivity contribution in [2.24, 2.45) is 0 Å². The summed E-state index contributed by atoms with van der Waals surface area (Å²) in [6, 6.07) is 0. The third kappa shape index (κ3) is 7.49. The third-order valence-electron chi connectivity index (χ3n) is 3.54. The van der Waals surface area contributed by atoms with Crippen LogP contribution >= 0.6 is 20.8 Å². The van der Waals surface area contributed by atoms with Gasteiger partial charge in [-0.3, -0.25) is 0 Å². The molecule has 0 aliphatic heterocycles. The predicted molar refractivity (Wildman–Crippen MR) is 102 cm³/mol. The molecule has 1 heterocycles. The van der Waals surface area contributed by atoms with E-state index in [1.807, 2.05) is 6.92 Å². The van der Waals surface area contributed by atoms with Crippen molar-refractivity contribution >= 4 is 26.9 Å². The molecule has 0 amide bonds. The first-order chi connectivity index (χ1) is 10.4. The lowest BCUT2D eigenvalue weighted by atomic mass is 10.0. The number of nitrogens with zero attached hydrogens (tertiary/aromatic N) is 1. The van der Waals surface area contributed by atoms with E-state index >= 15 is 0 Å². The van der Waals surface area contributed by atoms with E-state index in [1.165, 1.54) is 23.1 Å². The number of allylic oxidation sites excluding steroid dienone is 2. The van der Waals surface area contributed by atoms with Gasteiger partial charge in [0.15, 0.2) is 0 Å². The van der Waals surface area contributed by atoms with E-state index in [-0.39, 0.29) is 6.10 Å². The van der Waals surface area contributed by atoms with Crippen LogP contribution in [0.3, 0.4) is 0 Å². The zero-order chi connectivity index (χ0) is 16.5. The molecule has 0 aliphatic rings. The summed E-state index contributed by atoms with van der Waals surface area (Å²) in [6.07, 6.45) is 8.80. The fourth-order valence-corrected chi connectivity index (χ4v) is 3.10. The highest BCUT2D eigenvalue weighted by Gasteiger charge is 2.09. The average molecular weight is 337 g/mol. The van der Waals surface area contributed by atoms with Gasteiger partial charge in [0.05, 0.1) is 16.8 Å². The van der Waals surface area contributed by atoms with Crippen molar-refractivity contribution < 1.29 is 4.52 Å². The zero-order valence-corrected chi connectivity index (χ0v) is 16.2. The molecule has 1 aromatic heterocycles. The predicted octanol–water partition coefficient (Wildman–Crippen LogP) is 6.11. The Morgan fingerprint density at radius 2 is 2.14 bits per heavy atom. The molecule has 1 unspecified atom stereocenters. The minimum atomic E-state index is 0.0862. The van der Waals surface area contributed by atoms with Crippen molar-refractivity contribution in [3.8, 4) is 0 Å². The quantitative estimate of drug-likeness (QED) is 0.400. The van der Waals surface area contributed by atoms with Crippen LogP contribution in [-0.4, -0.2) is 11.1 Å². The fraction of sp³-hybridized carbons (Fsp3) is 0.500. The molecule has 0 radical (unpaired) electrons. The molecule has 2 atom stereocenters. The summed E-state index contributed by atoms with van der Waals surface area (Å²) in [6.45, 7) is 12.4. The number of aromatic nitrogens is 1. The summed E-state index contributed by atoms with van der Waals surface area (Å²) >= 11 is 1.67. The molecule has 0 N–H and O–H groups in total. The lowest BCUT2D eigenvalue weighted by Gasteiger charge is -2.14. The Balaban J connectivity index is 2.56. The van der Waals surface area contributed by atoms with Gasteiger partial charge in [-0.25, -0.2) is 4.98 Å². The molecule has 0 saturated carbocycles. The molecule has 0 saturated heterocycles. The van der Waals surface area contributed by atoms with E-state index < -0.39 is 0 Å². The van der Waals surface area contributed by atoms with Gasteiger partial charge >= 0.3 is 0 Å². The van der Waals surface area contributed by atoms with Crippen LogP contribution in [-0.2, 0) is 4.52 Å². The molecule has 22 heavy (non-hydrogen) atoms. The maximum absolute atomic E-state index is 5.55. The lowest BCUT2D eigenvalue weighted by molar-refractivity contribution is 0.285. The lowest BCUT2D eigenvalue weighted by Crippen LogP contribution is -2.08. The van der Waals surface area contributed by atoms with Crippen LogP contribution in [0, 0.1) is 6.92 Å². The molecule has 1 rings (SSSR count). The molecule has 1 aromatic rings. The minimum absolute atomic E-state index is 0.0862. The highest BCUT2D eigenvalue weighted by atomic mass is 32.1. The summed E-state index contributed by atoms with van der Waals surface area (Å²) in [5, 5.41) is 3.17. The van der Waals surface area contributed by atoms with Gasteiger partial charge in [0.2, 0.25) is 0 Å². The van der Waals surface area contributed by atoms with E-state index in [4.69, 9.17) is 4.52 Å². The number of rotatable bonds is 9. The van der Waals surface area contributed by atoms with Crippen LogP contribution in [0.4, 0.5) is 0 Å². The largest absolute Gasteiger partial charge is 0.358 e. The standard InChI is InChI=1S/C18H28NOPS/c1-13(2)7-6-8-14(3)9-10-18(20-21)15(4)11-17-12-22-16(5)19-17/h9,11-12,18H,1,6-8,10,21H2,2-5H3/b14-9-,15-11+/t18-/m1/s1. The first-order valence-corrected chi connectivity index (χ1v) is 9.03. The summed E-state index contributed by atoms with van der Waals surface area (Å²) in [5.74, 6) is 0. The molecule has 0 bridgehead atoms. The van der Waals surface area contributed by atoms with Crippen molar-refractivity contribution in [3.63, 3.8) is 0 Å². The highest BCUT2D eigenvalue weighted by molar-refractivity contribution is 7.10. The Kier molecular flexibility index (Phi) is 8.85. The average Bonchev–Trinajstić information content (AvgIpc) is 2.84. The van der Waals surface area contributed by atoms with Gasteiger partial charge in [0, 0.05) is 14.8 Å². The van der Waals surface area contributed by atoms with Crippen LogP contribution in [0.1, 0.15) is 57.2 Å². The van der Waals surface area contributed by atoms with Crippen LogP contribution in [0.5, 0.6) is 0 Å². The molecule has 0 aliphatic carbocycles. The number of aryl methyl sites for hydroxylation is 1. The van der Waals surface area contributed by atoms with E-state index in [2.05, 4.69) is 59.3 Å². The maximum atomic E-state index is 5.55. The Morgan fingerprint density at radius 3 is 2.68 bits per heavy atom. The van der Waals surface area contributed by atoms with E-state index in [9.17, 15) is 0 Å². The summed E-state index contributed by atoms with van der Waals surface area (Å²) < 4.78 is 5.55. The molecule has 0 aromatic carbocycles. The van der Waals surface area contributed by atoms with Crippen LogP contribution in [0.15, 0.2) is 34.8 Å². The molecule has 122 valence electrons. The minimum Gasteiger partial charge on any atom is -0.358 e. The van der Waals surface area contributed by atoms with Gasteiger partial charge in [0.1, 0.15) is 0 Å². The summed E-state index contributed by atoms with van der Waals surface area (Å²) in [4.78, 5) is 4.48. The normalized spacial score (nSPS) is 14.2. The first-order valence-electron chi connectivity index (χ1n) is 7.68. The summed E-state index contributed by atoms with van der Waals surface area (Å²) in [7, 11) is 2.39. The van der Waals surface area contributed by atoms with Gasteiger partial charge < -0.3 is 4.52 Å². The first kappa shape index (κ1) is 19.3. The fourth-order valence-electron chi connectivity index (χ4n) is 2.20. The second-order valence-corrected chi connectivity index (χ2v) is 7.24. The Morgan fingerprint density at radius 1 is 1.41 bits per heavy atom. The van der Waals surface area contributed by atoms with Crippen LogP contribution in [0.25, 0.3) is 6.08 Å². The van der Waals surface area contributed by atoms with Gasteiger partial charge in [-0.1, -0.05) is 17.2 Å². The highest BCUT2D eigenvalue weighted by Crippen LogP contribution is 2.20. The Bertz CT molecular complexity index is 545. The van der Waals surface area contributed by atoms with Gasteiger partial charge in [-0.2, -0.15) is 0 Å². The molecular formula is C18H28NOPS. The monoisotopic (exact) mass is 337 g/mol. The molecular weight excluding hydrogens is 309 g/mol. The van der Waals surface area contributed by atoms with Crippen molar-refractivity contribution in [3.05, 3.63) is 45.5 Å². The zero-order valence-electron chi connectivity index (χ0n) is 14.2. The van der Waals surface area contributed by atoms with E-state index in [0.29, 0.717) is 0 Å². The van der Waals surface area contributed by atoms with E-state index in [1.54, 1.807) is 11.3 Å². The van der Waals surface area contributed by atoms with Crippen molar-refractivity contribution in [1.29, 1.82) is 0 Å². The Labute approximate surface area is 141 Å². The van der Waals surface area contributed by atoms with Gasteiger partial charge in [0.25, 0.3) is 0 Å². The Hall–Kier alpha value is -0.760. The maximum Gasteiger partial charge on any atom is 0.0901 e. The third-order valence-corrected chi connectivity index (χ3v) is 4.66. The van der Waals surface area contributed by atoms with Crippen LogP contribution in [0.2, 0.25) is 0 Å². The molecule has 2 nitrogen and oxygen atoms in total. The number of hydrogen-bond acceptors (Lipinski definition) is 3. The second kappa shape index (κ2) is 10.1. The van der Waals surface area contributed by atoms with Crippen molar-refractivity contribution in [1.82, 2.24) is 4.98 Å². The number of thiazole rings is 1. The smallest absolute Gasteiger partial charge is 0.0901 e. The molecule has 0 fully saturated rings. The van der Waals surface area contributed by atoms with Gasteiger partial charge in [-0.05, 0) is 65.0 Å². The van der Waals surface area contributed by atoms with Gasteiger partial charge in [-0.15, -0.1) is 17.9 Å². The SMILES string of the molecule is C=C(C)CCC/C(C)=C\C[C@@H](OP)/C(C)=C/c1csc(C)n1. The van der Waals surface area contributed by atoms with Crippen molar-refractivity contribution in [2.45, 2.75) is 59.5 Å². The topological polar surface area (TPSA) is 22.1 Å². The second-order valence-electron chi connectivity index (χ2n) is 5.90. The van der Waals surface area contributed by atoms with E-state index in [0.717, 1.165) is 30.0 Å². The van der Waals surface area contributed by atoms with Crippen LogP contribution < -0.4 is 0 Å². The number of hydrogen-bond donors (Lipinski definition) is 0. The summed E-state index contributed by atoms with van der Waals surface area (Å²) in [5.41, 5.74) is 4.91.